The summed E-state index contributed by atoms with van der Waals surface area (Å²) in [5.74, 6) is 0. The van der Waals surface area contributed by atoms with Crippen molar-refractivity contribution in [2.45, 2.75) is 174 Å². The van der Waals surface area contributed by atoms with E-state index in [1.54, 1.807) is 0 Å². The van der Waals surface area contributed by atoms with Gasteiger partial charge in [0.15, 0.2) is 0 Å². The maximum Gasteiger partial charge on any atom is 0.0125 e. The first kappa shape index (κ1) is 29.0. The molecule has 1 heteroatoms. The smallest absolute Gasteiger partial charge is 0.0125 e. The Bertz CT molecular complexity index is 297. The summed E-state index contributed by atoms with van der Waals surface area (Å²) in [5, 5.41) is 3.82. The largest absolute Gasteiger partial charge is 0.312 e. The fourth-order valence-corrected chi connectivity index (χ4v) is 4.36. The molecule has 0 unspecified atom stereocenters. The van der Waals surface area contributed by atoms with E-state index < -0.39 is 0 Å². The Kier molecular flexibility index (Phi) is 22.6. The van der Waals surface area contributed by atoms with Crippen molar-refractivity contribution in [3.05, 3.63) is 0 Å². The topological polar surface area (TPSA) is 12.0 Å². The second kappa shape index (κ2) is 22.6. The predicted octanol–water partition coefficient (Wildman–Crippen LogP) is 9.98. The summed E-state index contributed by atoms with van der Waals surface area (Å²) in [6.07, 6.45) is 31.5. The number of hydrogen-bond donors (Lipinski definition) is 1. The van der Waals surface area contributed by atoms with Gasteiger partial charge in [0, 0.05) is 5.54 Å². The first-order valence-electron chi connectivity index (χ1n) is 13.9. The quantitative estimate of drug-likeness (QED) is 0.156. The molecule has 0 amide bonds. The van der Waals surface area contributed by atoms with Crippen molar-refractivity contribution in [3.63, 3.8) is 0 Å². The summed E-state index contributed by atoms with van der Waals surface area (Å²) >= 11 is 0. The molecule has 0 aliphatic carbocycles. The Labute approximate surface area is 186 Å². The van der Waals surface area contributed by atoms with Crippen LogP contribution in [0.2, 0.25) is 0 Å². The molecule has 0 aliphatic heterocycles. The average Bonchev–Trinajstić information content (AvgIpc) is 2.70. The molecule has 0 saturated carbocycles. The molecule has 0 aromatic rings. The summed E-state index contributed by atoms with van der Waals surface area (Å²) < 4.78 is 0. The first-order chi connectivity index (χ1) is 14.1. The first-order valence-corrected chi connectivity index (χ1v) is 13.9. The molecule has 0 aliphatic rings. The van der Waals surface area contributed by atoms with Crippen LogP contribution < -0.4 is 5.32 Å². The highest BCUT2D eigenvalue weighted by atomic mass is 14.9. The Hall–Kier alpha value is -0.0400. The zero-order chi connectivity index (χ0) is 21.5. The van der Waals surface area contributed by atoms with Crippen LogP contribution in [0.3, 0.4) is 0 Å². The SMILES string of the molecule is CCCCCCCCCCCCCCNC(C)(C)CCCCCCCCCCC. The zero-order valence-corrected chi connectivity index (χ0v) is 21.3. The number of hydrogen-bond acceptors (Lipinski definition) is 1. The third kappa shape index (κ3) is 24.1. The van der Waals surface area contributed by atoms with E-state index in [1.807, 2.05) is 0 Å². The third-order valence-electron chi connectivity index (χ3n) is 6.54. The van der Waals surface area contributed by atoms with Crippen LogP contribution in [0.4, 0.5) is 0 Å². The molecular weight excluding hydrogens is 350 g/mol. The van der Waals surface area contributed by atoms with Crippen molar-refractivity contribution < 1.29 is 0 Å². The van der Waals surface area contributed by atoms with E-state index in [0.29, 0.717) is 5.54 Å². The van der Waals surface area contributed by atoms with E-state index in [1.165, 1.54) is 148 Å². The summed E-state index contributed by atoms with van der Waals surface area (Å²) in [6.45, 7) is 10.6. The molecule has 176 valence electrons. The van der Waals surface area contributed by atoms with E-state index in [-0.39, 0.29) is 0 Å². The van der Waals surface area contributed by atoms with Crippen LogP contribution >= 0.6 is 0 Å². The summed E-state index contributed by atoms with van der Waals surface area (Å²) in [6, 6.07) is 0. The molecule has 0 spiro atoms. The van der Waals surface area contributed by atoms with Gasteiger partial charge in [-0.1, -0.05) is 142 Å². The van der Waals surface area contributed by atoms with Gasteiger partial charge in [0.2, 0.25) is 0 Å². The van der Waals surface area contributed by atoms with Crippen molar-refractivity contribution in [3.8, 4) is 0 Å². The van der Waals surface area contributed by atoms with E-state index in [4.69, 9.17) is 0 Å². The van der Waals surface area contributed by atoms with Gasteiger partial charge in [-0.15, -0.1) is 0 Å². The summed E-state index contributed by atoms with van der Waals surface area (Å²) in [7, 11) is 0. The van der Waals surface area contributed by atoms with E-state index >= 15 is 0 Å². The minimum Gasteiger partial charge on any atom is -0.312 e. The van der Waals surface area contributed by atoms with Crippen LogP contribution in [0.5, 0.6) is 0 Å². The van der Waals surface area contributed by atoms with E-state index in [9.17, 15) is 0 Å². The second-order valence-electron chi connectivity index (χ2n) is 10.3. The zero-order valence-electron chi connectivity index (χ0n) is 21.3. The fourth-order valence-electron chi connectivity index (χ4n) is 4.36. The van der Waals surface area contributed by atoms with Gasteiger partial charge in [0.05, 0.1) is 0 Å². The summed E-state index contributed by atoms with van der Waals surface area (Å²) in [5.41, 5.74) is 0.332. The highest BCUT2D eigenvalue weighted by Gasteiger charge is 2.15. The van der Waals surface area contributed by atoms with Crippen LogP contribution in [0, 0.1) is 0 Å². The lowest BCUT2D eigenvalue weighted by molar-refractivity contribution is 0.342. The fraction of sp³-hybridized carbons (Fsp3) is 1.00. The molecule has 0 rings (SSSR count). The lowest BCUT2D eigenvalue weighted by Gasteiger charge is -2.26. The number of unbranched alkanes of at least 4 members (excludes halogenated alkanes) is 19. The van der Waals surface area contributed by atoms with Crippen LogP contribution in [-0.2, 0) is 0 Å². The van der Waals surface area contributed by atoms with Gasteiger partial charge in [0.1, 0.15) is 0 Å². The predicted molar refractivity (Wildman–Crippen MR) is 135 cm³/mol. The summed E-state index contributed by atoms with van der Waals surface area (Å²) in [4.78, 5) is 0. The van der Waals surface area contributed by atoms with Crippen LogP contribution in [-0.4, -0.2) is 12.1 Å². The normalized spacial score (nSPS) is 12.0. The number of nitrogens with one attached hydrogen (secondary N) is 1. The molecule has 0 bridgehead atoms. The Balaban J connectivity index is 3.29. The highest BCUT2D eigenvalue weighted by molar-refractivity contribution is 4.77. The van der Waals surface area contributed by atoms with Gasteiger partial charge in [-0.2, -0.15) is 0 Å². The minimum atomic E-state index is 0.332. The maximum atomic E-state index is 3.82. The molecule has 0 heterocycles. The molecule has 0 atom stereocenters. The molecule has 1 N–H and O–H groups in total. The lowest BCUT2D eigenvalue weighted by Crippen LogP contribution is -2.39. The Morgan fingerprint density at radius 3 is 1.10 bits per heavy atom. The maximum absolute atomic E-state index is 3.82. The van der Waals surface area contributed by atoms with Crippen LogP contribution in [0.1, 0.15) is 169 Å². The Morgan fingerprint density at radius 1 is 0.414 bits per heavy atom. The van der Waals surface area contributed by atoms with E-state index in [0.717, 1.165) is 0 Å². The molecule has 0 saturated heterocycles. The van der Waals surface area contributed by atoms with Gasteiger partial charge in [0.25, 0.3) is 0 Å². The van der Waals surface area contributed by atoms with Crippen molar-refractivity contribution in [2.24, 2.45) is 0 Å². The molecule has 0 radical (unpaired) electrons. The number of rotatable bonds is 24. The van der Waals surface area contributed by atoms with Crippen molar-refractivity contribution >= 4 is 0 Å². The average molecular weight is 410 g/mol. The molecule has 1 nitrogen and oxygen atoms in total. The lowest BCUT2D eigenvalue weighted by atomic mass is 9.95. The van der Waals surface area contributed by atoms with Crippen molar-refractivity contribution in [1.82, 2.24) is 5.32 Å². The van der Waals surface area contributed by atoms with Gasteiger partial charge in [-0.25, -0.2) is 0 Å². The highest BCUT2D eigenvalue weighted by Crippen LogP contribution is 2.17. The molecule has 0 aromatic carbocycles. The standard InChI is InChI=1S/C28H59N/c1-5-7-9-11-13-15-16-17-19-21-23-25-27-29-28(3,4)26-24-22-20-18-14-12-10-8-6-2/h29H,5-27H2,1-4H3. The van der Waals surface area contributed by atoms with Gasteiger partial charge < -0.3 is 5.32 Å². The molecule has 0 aromatic heterocycles. The van der Waals surface area contributed by atoms with Gasteiger partial charge in [-0.05, 0) is 33.2 Å². The molecule has 29 heavy (non-hydrogen) atoms. The van der Waals surface area contributed by atoms with Crippen molar-refractivity contribution in [2.75, 3.05) is 6.54 Å². The Morgan fingerprint density at radius 2 is 0.724 bits per heavy atom. The second-order valence-corrected chi connectivity index (χ2v) is 10.3. The van der Waals surface area contributed by atoms with E-state index in [2.05, 4.69) is 33.0 Å². The third-order valence-corrected chi connectivity index (χ3v) is 6.54. The van der Waals surface area contributed by atoms with Crippen molar-refractivity contribution in [1.29, 1.82) is 0 Å². The monoisotopic (exact) mass is 409 g/mol. The van der Waals surface area contributed by atoms with Crippen LogP contribution in [0.25, 0.3) is 0 Å². The van der Waals surface area contributed by atoms with Crippen LogP contribution in [0.15, 0.2) is 0 Å². The minimum absolute atomic E-state index is 0.332. The van der Waals surface area contributed by atoms with Gasteiger partial charge >= 0.3 is 0 Å². The molecule has 0 fully saturated rings. The van der Waals surface area contributed by atoms with Gasteiger partial charge in [-0.3, -0.25) is 0 Å². The molecular formula is C28H59N.